The molecule has 1 aromatic carbocycles. The van der Waals surface area contributed by atoms with Gasteiger partial charge < -0.3 is 4.74 Å². The molecule has 0 radical (unpaired) electrons. The molecule has 3 heteroatoms. The molecule has 0 aliphatic carbocycles. The summed E-state index contributed by atoms with van der Waals surface area (Å²) in [5.41, 5.74) is 2.60. The largest absolute Gasteiger partial charge is 0.497 e. The predicted molar refractivity (Wildman–Crippen MR) is 77.0 cm³/mol. The summed E-state index contributed by atoms with van der Waals surface area (Å²) in [6, 6.07) is 12.4. The highest BCUT2D eigenvalue weighted by Gasteiger charge is 2.05. The lowest BCUT2D eigenvalue weighted by molar-refractivity contribution is 0.271. The van der Waals surface area contributed by atoms with Gasteiger partial charge in [-0.2, -0.15) is 0 Å². The Morgan fingerprint density at radius 2 is 1.53 bits per heavy atom. The molecule has 100 valence electrons. The van der Waals surface area contributed by atoms with Crippen LogP contribution in [0.25, 0.3) is 0 Å². The molecule has 0 saturated carbocycles. The lowest BCUT2D eigenvalue weighted by Crippen LogP contribution is -2.22. The molecule has 3 nitrogen and oxygen atoms in total. The van der Waals surface area contributed by atoms with E-state index >= 15 is 0 Å². The summed E-state index contributed by atoms with van der Waals surface area (Å²) in [6.07, 6.45) is 3.69. The molecule has 0 saturated heterocycles. The van der Waals surface area contributed by atoms with Gasteiger partial charge in [0, 0.05) is 25.5 Å². The third kappa shape index (κ3) is 4.07. The number of hydrogen-bond acceptors (Lipinski definition) is 3. The van der Waals surface area contributed by atoms with Gasteiger partial charge in [-0.1, -0.05) is 19.1 Å². The third-order valence-electron chi connectivity index (χ3n) is 3.17. The molecule has 0 spiro atoms. The van der Waals surface area contributed by atoms with Crippen molar-refractivity contribution in [3.63, 3.8) is 0 Å². The average molecular weight is 256 g/mol. The average Bonchev–Trinajstić information content (AvgIpc) is 2.48. The molecule has 0 aliphatic heterocycles. The Morgan fingerprint density at radius 3 is 2.05 bits per heavy atom. The zero-order chi connectivity index (χ0) is 13.5. The van der Waals surface area contributed by atoms with Crippen LogP contribution in [-0.4, -0.2) is 23.5 Å². The minimum Gasteiger partial charge on any atom is -0.497 e. The van der Waals surface area contributed by atoms with Crippen molar-refractivity contribution in [3.05, 3.63) is 59.9 Å². The highest BCUT2D eigenvalue weighted by molar-refractivity contribution is 5.27. The van der Waals surface area contributed by atoms with E-state index in [0.29, 0.717) is 0 Å². The van der Waals surface area contributed by atoms with E-state index in [1.165, 1.54) is 11.1 Å². The van der Waals surface area contributed by atoms with Crippen molar-refractivity contribution in [2.24, 2.45) is 0 Å². The molecule has 0 aliphatic rings. The van der Waals surface area contributed by atoms with Crippen LogP contribution in [0.5, 0.6) is 5.75 Å². The summed E-state index contributed by atoms with van der Waals surface area (Å²) >= 11 is 0. The van der Waals surface area contributed by atoms with Gasteiger partial charge in [0.05, 0.1) is 7.11 Å². The Balaban J connectivity index is 1.98. The van der Waals surface area contributed by atoms with Crippen molar-refractivity contribution in [3.8, 4) is 5.75 Å². The molecule has 1 aromatic heterocycles. The molecule has 0 fully saturated rings. The van der Waals surface area contributed by atoms with E-state index in [9.17, 15) is 0 Å². The van der Waals surface area contributed by atoms with Crippen LogP contribution in [0, 0.1) is 0 Å². The van der Waals surface area contributed by atoms with Gasteiger partial charge >= 0.3 is 0 Å². The lowest BCUT2D eigenvalue weighted by Gasteiger charge is -2.20. The van der Waals surface area contributed by atoms with Crippen LogP contribution in [0.3, 0.4) is 0 Å². The predicted octanol–water partition coefficient (Wildman–Crippen LogP) is 3.11. The second-order valence-electron chi connectivity index (χ2n) is 4.51. The van der Waals surface area contributed by atoms with E-state index in [2.05, 4.69) is 41.1 Å². The second kappa shape index (κ2) is 6.90. The van der Waals surface area contributed by atoms with Gasteiger partial charge in [0.15, 0.2) is 0 Å². The van der Waals surface area contributed by atoms with Crippen LogP contribution in [0.2, 0.25) is 0 Å². The molecule has 0 unspecified atom stereocenters. The van der Waals surface area contributed by atoms with E-state index in [1.54, 1.807) is 7.11 Å². The van der Waals surface area contributed by atoms with Crippen molar-refractivity contribution in [2.75, 3.05) is 13.7 Å². The number of ether oxygens (including phenoxy) is 1. The minimum atomic E-state index is 0.904. The third-order valence-corrected chi connectivity index (χ3v) is 3.17. The van der Waals surface area contributed by atoms with Crippen LogP contribution in [0.4, 0.5) is 0 Å². The minimum absolute atomic E-state index is 0.904. The fourth-order valence-corrected chi connectivity index (χ4v) is 2.02. The summed E-state index contributed by atoms with van der Waals surface area (Å²) in [6.45, 7) is 5.10. The first kappa shape index (κ1) is 13.6. The van der Waals surface area contributed by atoms with Crippen LogP contribution in [0.15, 0.2) is 48.8 Å². The van der Waals surface area contributed by atoms with Gasteiger partial charge in [-0.25, -0.2) is 0 Å². The molecule has 0 bridgehead atoms. The lowest BCUT2D eigenvalue weighted by atomic mass is 10.2. The van der Waals surface area contributed by atoms with Gasteiger partial charge in [-0.3, -0.25) is 9.88 Å². The fraction of sp³-hybridized carbons (Fsp3) is 0.312. The van der Waals surface area contributed by atoms with E-state index in [0.717, 1.165) is 25.4 Å². The topological polar surface area (TPSA) is 25.4 Å². The van der Waals surface area contributed by atoms with Gasteiger partial charge in [-0.15, -0.1) is 0 Å². The maximum absolute atomic E-state index is 5.18. The SMILES string of the molecule is CCN(Cc1ccncc1)Cc1ccc(OC)cc1. The van der Waals surface area contributed by atoms with Crippen LogP contribution in [-0.2, 0) is 13.1 Å². The van der Waals surface area contributed by atoms with Crippen molar-refractivity contribution in [1.82, 2.24) is 9.88 Å². The molecule has 0 amide bonds. The maximum Gasteiger partial charge on any atom is 0.118 e. The molecule has 2 aromatic rings. The Kier molecular flexibility index (Phi) is 4.93. The van der Waals surface area contributed by atoms with Crippen molar-refractivity contribution in [2.45, 2.75) is 20.0 Å². The van der Waals surface area contributed by atoms with Crippen LogP contribution < -0.4 is 4.74 Å². The molecule has 2 rings (SSSR count). The van der Waals surface area contributed by atoms with Gasteiger partial charge in [0.2, 0.25) is 0 Å². The molecular weight excluding hydrogens is 236 g/mol. The molecule has 0 N–H and O–H groups in total. The van der Waals surface area contributed by atoms with Crippen molar-refractivity contribution in [1.29, 1.82) is 0 Å². The Morgan fingerprint density at radius 1 is 0.947 bits per heavy atom. The van der Waals surface area contributed by atoms with E-state index < -0.39 is 0 Å². The Labute approximate surface area is 114 Å². The summed E-state index contributed by atoms with van der Waals surface area (Å²) in [5, 5.41) is 0. The van der Waals surface area contributed by atoms with Crippen molar-refractivity contribution >= 4 is 0 Å². The highest BCUT2D eigenvalue weighted by atomic mass is 16.5. The Hall–Kier alpha value is -1.87. The first-order valence-electron chi connectivity index (χ1n) is 6.56. The molecule has 0 atom stereocenters. The zero-order valence-electron chi connectivity index (χ0n) is 11.5. The number of rotatable bonds is 6. The summed E-state index contributed by atoms with van der Waals surface area (Å²) < 4.78 is 5.18. The number of nitrogens with zero attached hydrogens (tertiary/aromatic N) is 2. The quantitative estimate of drug-likeness (QED) is 0.794. The maximum atomic E-state index is 5.18. The fourth-order valence-electron chi connectivity index (χ4n) is 2.02. The van der Waals surface area contributed by atoms with E-state index in [-0.39, 0.29) is 0 Å². The standard InChI is InChI=1S/C16H20N2O/c1-3-18(13-15-8-10-17-11-9-15)12-14-4-6-16(19-2)7-5-14/h4-11H,3,12-13H2,1-2H3. The zero-order valence-corrected chi connectivity index (χ0v) is 11.5. The number of benzene rings is 1. The number of pyridine rings is 1. The van der Waals surface area contributed by atoms with Crippen LogP contribution in [0.1, 0.15) is 18.1 Å². The number of aromatic nitrogens is 1. The van der Waals surface area contributed by atoms with Crippen molar-refractivity contribution < 1.29 is 4.74 Å². The number of hydrogen-bond donors (Lipinski definition) is 0. The smallest absolute Gasteiger partial charge is 0.118 e. The monoisotopic (exact) mass is 256 g/mol. The first-order chi connectivity index (χ1) is 9.31. The highest BCUT2D eigenvalue weighted by Crippen LogP contribution is 2.14. The van der Waals surface area contributed by atoms with E-state index in [4.69, 9.17) is 4.74 Å². The second-order valence-corrected chi connectivity index (χ2v) is 4.51. The summed E-state index contributed by atoms with van der Waals surface area (Å²) in [4.78, 5) is 6.45. The Bertz CT molecular complexity index is 482. The summed E-state index contributed by atoms with van der Waals surface area (Å²) in [7, 11) is 1.69. The molecular formula is C16H20N2O. The van der Waals surface area contributed by atoms with E-state index in [1.807, 2.05) is 24.5 Å². The normalized spacial score (nSPS) is 10.7. The molecule has 1 heterocycles. The van der Waals surface area contributed by atoms with Gasteiger partial charge in [0.1, 0.15) is 5.75 Å². The van der Waals surface area contributed by atoms with Crippen LogP contribution >= 0.6 is 0 Å². The first-order valence-corrected chi connectivity index (χ1v) is 6.56. The number of methoxy groups -OCH3 is 1. The summed E-state index contributed by atoms with van der Waals surface area (Å²) in [5.74, 6) is 0.904. The van der Waals surface area contributed by atoms with Gasteiger partial charge in [-0.05, 0) is 41.9 Å². The molecule has 19 heavy (non-hydrogen) atoms. The van der Waals surface area contributed by atoms with Gasteiger partial charge in [0.25, 0.3) is 0 Å².